The lowest BCUT2D eigenvalue weighted by Crippen LogP contribution is -2.16. The van der Waals surface area contributed by atoms with Crippen LogP contribution in [0.4, 0.5) is 17.1 Å². The summed E-state index contributed by atoms with van der Waals surface area (Å²) in [5.41, 5.74) is 12.9. The summed E-state index contributed by atoms with van der Waals surface area (Å²) in [6, 6.07) is 59.9. The highest BCUT2D eigenvalue weighted by atomic mass is 32.1. The summed E-state index contributed by atoms with van der Waals surface area (Å²) < 4.78 is 8.89. The Morgan fingerprint density at radius 1 is 0.481 bits per heavy atom. The normalized spacial score (nSPS) is 13.3. The zero-order valence-corrected chi connectivity index (χ0v) is 29.7. The Bertz CT molecular complexity index is 3050. The van der Waals surface area contributed by atoms with Crippen molar-refractivity contribution in [3.05, 3.63) is 175 Å². The molecule has 0 radical (unpaired) electrons. The molecule has 246 valence electrons. The summed E-state index contributed by atoms with van der Waals surface area (Å²) in [5, 5.41) is 7.47. The van der Waals surface area contributed by atoms with Gasteiger partial charge in [0.05, 0.1) is 16.1 Å². The number of anilines is 3. The van der Waals surface area contributed by atoms with Crippen LogP contribution in [0.15, 0.2) is 168 Å². The van der Waals surface area contributed by atoms with E-state index in [2.05, 4.69) is 170 Å². The van der Waals surface area contributed by atoms with E-state index in [-0.39, 0.29) is 5.41 Å². The second kappa shape index (κ2) is 10.9. The van der Waals surface area contributed by atoms with Crippen LogP contribution in [0, 0.1) is 0 Å². The highest BCUT2D eigenvalue weighted by molar-refractivity contribution is 7.27. The molecular formula is C49H33NOS. The molecule has 0 atom stereocenters. The van der Waals surface area contributed by atoms with Gasteiger partial charge in [-0.25, -0.2) is 0 Å². The average Bonchev–Trinajstić information content (AvgIpc) is 3.84. The average molecular weight is 684 g/mol. The van der Waals surface area contributed by atoms with Crippen molar-refractivity contribution in [2.45, 2.75) is 19.3 Å². The van der Waals surface area contributed by atoms with E-state index in [9.17, 15) is 0 Å². The van der Waals surface area contributed by atoms with Crippen LogP contribution < -0.4 is 4.90 Å². The van der Waals surface area contributed by atoms with Crippen molar-refractivity contribution < 1.29 is 4.42 Å². The molecule has 0 saturated heterocycles. The quantitative estimate of drug-likeness (QED) is 0.184. The number of hydrogen-bond donors (Lipinski definition) is 0. The molecule has 0 amide bonds. The topological polar surface area (TPSA) is 16.4 Å². The van der Waals surface area contributed by atoms with Gasteiger partial charge in [0.2, 0.25) is 0 Å². The van der Waals surface area contributed by atoms with Gasteiger partial charge in [-0.1, -0.05) is 135 Å². The minimum atomic E-state index is -0.102. The van der Waals surface area contributed by atoms with Gasteiger partial charge < -0.3 is 9.32 Å². The number of fused-ring (bicyclic) bond motifs is 11. The number of thiophene rings is 1. The summed E-state index contributed by atoms with van der Waals surface area (Å²) in [6.07, 6.45) is 0. The summed E-state index contributed by atoms with van der Waals surface area (Å²) >= 11 is 1.90. The molecule has 1 aliphatic rings. The first-order valence-corrected chi connectivity index (χ1v) is 18.7. The van der Waals surface area contributed by atoms with E-state index in [4.69, 9.17) is 4.42 Å². The second-order valence-electron chi connectivity index (χ2n) is 14.5. The molecule has 0 spiro atoms. The lowest BCUT2D eigenvalue weighted by molar-refractivity contribution is 0.660. The molecule has 8 aromatic carbocycles. The number of para-hydroxylation sites is 1. The van der Waals surface area contributed by atoms with Crippen molar-refractivity contribution in [1.82, 2.24) is 0 Å². The number of rotatable bonds is 4. The molecule has 0 aliphatic heterocycles. The first-order valence-electron chi connectivity index (χ1n) is 17.9. The molecule has 0 unspecified atom stereocenters. The van der Waals surface area contributed by atoms with Crippen LogP contribution in [0.1, 0.15) is 25.0 Å². The Balaban J connectivity index is 1.13. The van der Waals surface area contributed by atoms with Crippen molar-refractivity contribution in [3.63, 3.8) is 0 Å². The van der Waals surface area contributed by atoms with Crippen LogP contribution in [0.3, 0.4) is 0 Å². The van der Waals surface area contributed by atoms with Gasteiger partial charge in [-0.2, -0.15) is 0 Å². The third kappa shape index (κ3) is 4.17. The Morgan fingerprint density at radius 3 is 2.04 bits per heavy atom. The van der Waals surface area contributed by atoms with Crippen LogP contribution in [0.5, 0.6) is 0 Å². The maximum Gasteiger partial charge on any atom is 0.136 e. The molecule has 1 aliphatic carbocycles. The van der Waals surface area contributed by atoms with Gasteiger partial charge in [0.15, 0.2) is 0 Å². The molecule has 0 bridgehead atoms. The SMILES string of the molecule is CC1(C)c2ccccc2-c2c(N(c3ccc(-c4ccc5c(c4)oc4ccccc45)cc3)c3cccc4c3sc3c5ccccc5ccc43)cccc21. The van der Waals surface area contributed by atoms with Gasteiger partial charge in [-0.05, 0) is 81.1 Å². The number of furan rings is 1. The lowest BCUT2D eigenvalue weighted by Gasteiger charge is -2.29. The van der Waals surface area contributed by atoms with Crippen molar-refractivity contribution in [2.75, 3.05) is 4.90 Å². The molecule has 10 aromatic rings. The Hall–Kier alpha value is -6.16. The molecule has 0 saturated carbocycles. The molecule has 3 heteroatoms. The van der Waals surface area contributed by atoms with E-state index in [0.29, 0.717) is 0 Å². The fraction of sp³-hybridized carbons (Fsp3) is 0.0612. The summed E-state index contributed by atoms with van der Waals surface area (Å²) in [7, 11) is 0. The predicted molar refractivity (Wildman–Crippen MR) is 222 cm³/mol. The smallest absolute Gasteiger partial charge is 0.136 e. The zero-order chi connectivity index (χ0) is 34.6. The van der Waals surface area contributed by atoms with Gasteiger partial charge >= 0.3 is 0 Å². The van der Waals surface area contributed by atoms with Crippen molar-refractivity contribution in [2.24, 2.45) is 0 Å². The monoisotopic (exact) mass is 683 g/mol. The third-order valence-electron chi connectivity index (χ3n) is 11.3. The largest absolute Gasteiger partial charge is 0.456 e. The van der Waals surface area contributed by atoms with Crippen LogP contribution in [-0.2, 0) is 5.41 Å². The van der Waals surface area contributed by atoms with Crippen LogP contribution >= 0.6 is 11.3 Å². The molecule has 0 fully saturated rings. The minimum absolute atomic E-state index is 0.102. The standard InChI is InChI=1S/C49H33NOS/c1-49(2)40-16-7-5-14-39(40)46-41(49)17-10-18-42(46)50(43-19-9-15-37-38-28-23-31-11-3-4-12-34(31)47(38)52-48(37)43)33-25-21-30(22-26-33)32-24-27-36-35-13-6-8-20-44(35)51-45(36)29-32/h3-29H,1-2H3. The molecule has 2 heterocycles. The number of benzene rings is 8. The molecule has 2 nitrogen and oxygen atoms in total. The van der Waals surface area contributed by atoms with E-state index >= 15 is 0 Å². The van der Waals surface area contributed by atoms with Gasteiger partial charge in [-0.15, -0.1) is 11.3 Å². The number of nitrogens with zero attached hydrogens (tertiary/aromatic N) is 1. The van der Waals surface area contributed by atoms with Crippen LogP contribution in [-0.4, -0.2) is 0 Å². The fourth-order valence-corrected chi connectivity index (χ4v) is 10.1. The highest BCUT2D eigenvalue weighted by Gasteiger charge is 2.38. The van der Waals surface area contributed by atoms with E-state index in [0.717, 1.165) is 38.8 Å². The minimum Gasteiger partial charge on any atom is -0.456 e. The number of hydrogen-bond acceptors (Lipinski definition) is 3. The Labute approximate surface area is 305 Å². The van der Waals surface area contributed by atoms with E-state index < -0.39 is 0 Å². The first-order chi connectivity index (χ1) is 25.5. The Morgan fingerprint density at radius 2 is 1.13 bits per heavy atom. The molecule has 0 N–H and O–H groups in total. The van der Waals surface area contributed by atoms with Gasteiger partial charge in [0.1, 0.15) is 11.2 Å². The highest BCUT2D eigenvalue weighted by Crippen LogP contribution is 2.55. The Kier molecular flexibility index (Phi) is 6.21. The van der Waals surface area contributed by atoms with Crippen LogP contribution in [0.25, 0.3) is 75.1 Å². The maximum atomic E-state index is 6.27. The summed E-state index contributed by atoms with van der Waals surface area (Å²) in [6.45, 7) is 4.72. The maximum absolute atomic E-state index is 6.27. The van der Waals surface area contributed by atoms with E-state index in [1.54, 1.807) is 0 Å². The van der Waals surface area contributed by atoms with Gasteiger partial charge in [0.25, 0.3) is 0 Å². The fourth-order valence-electron chi connectivity index (χ4n) is 8.73. The molecular weight excluding hydrogens is 651 g/mol. The van der Waals surface area contributed by atoms with Crippen LogP contribution in [0.2, 0.25) is 0 Å². The third-order valence-corrected chi connectivity index (χ3v) is 12.6. The summed E-state index contributed by atoms with van der Waals surface area (Å²) in [4.78, 5) is 2.50. The van der Waals surface area contributed by atoms with Gasteiger partial charge in [-0.3, -0.25) is 0 Å². The molecule has 2 aromatic heterocycles. The zero-order valence-electron chi connectivity index (χ0n) is 28.9. The first kappa shape index (κ1) is 29.6. The van der Waals surface area contributed by atoms with Crippen molar-refractivity contribution in [1.29, 1.82) is 0 Å². The van der Waals surface area contributed by atoms with Gasteiger partial charge in [0, 0.05) is 42.9 Å². The van der Waals surface area contributed by atoms with E-state index in [1.807, 2.05) is 23.5 Å². The second-order valence-corrected chi connectivity index (χ2v) is 15.5. The molecule has 52 heavy (non-hydrogen) atoms. The predicted octanol–water partition coefficient (Wildman–Crippen LogP) is 14.6. The van der Waals surface area contributed by atoms with Crippen molar-refractivity contribution >= 4 is 81.3 Å². The molecule has 11 rings (SSSR count). The lowest BCUT2D eigenvalue weighted by atomic mass is 9.82. The van der Waals surface area contributed by atoms with Crippen molar-refractivity contribution in [3.8, 4) is 22.3 Å². The summed E-state index contributed by atoms with van der Waals surface area (Å²) in [5.74, 6) is 0. The van der Waals surface area contributed by atoms with E-state index in [1.165, 1.54) is 64.6 Å².